The number of nitrogens with one attached hydrogen (secondary N) is 3. The molecule has 0 aliphatic carbocycles. The highest BCUT2D eigenvalue weighted by molar-refractivity contribution is 6.05. The molecule has 0 spiro atoms. The Labute approximate surface area is 236 Å². The number of fused-ring (bicyclic) bond motifs is 1. The van der Waals surface area contributed by atoms with Crippen molar-refractivity contribution in [1.82, 2.24) is 39.5 Å². The van der Waals surface area contributed by atoms with Crippen molar-refractivity contribution >= 4 is 40.2 Å². The molecule has 2 amide bonds. The fourth-order valence-corrected chi connectivity index (χ4v) is 5.14. The second-order valence-corrected chi connectivity index (χ2v) is 9.85. The summed E-state index contributed by atoms with van der Waals surface area (Å²) >= 11 is 0. The lowest BCUT2D eigenvalue weighted by Gasteiger charge is -2.38. The maximum absolute atomic E-state index is 13.4. The molecule has 4 aromatic heterocycles. The lowest BCUT2D eigenvalue weighted by molar-refractivity contribution is -0.136. The lowest BCUT2D eigenvalue weighted by Crippen LogP contribution is -2.55. The Kier molecular flexibility index (Phi) is 8.12. The molecule has 4 N–H and O–H groups in total. The first-order valence-corrected chi connectivity index (χ1v) is 13.4. The van der Waals surface area contributed by atoms with Gasteiger partial charge < -0.3 is 30.4 Å². The van der Waals surface area contributed by atoms with Gasteiger partial charge in [0.05, 0.1) is 30.6 Å². The molecule has 5 rings (SSSR count). The first-order chi connectivity index (χ1) is 19.8. The molecule has 0 saturated carbocycles. The molecule has 0 radical (unpaired) electrons. The van der Waals surface area contributed by atoms with Gasteiger partial charge in [0, 0.05) is 62.8 Å². The van der Waals surface area contributed by atoms with Gasteiger partial charge >= 0.3 is 0 Å². The summed E-state index contributed by atoms with van der Waals surface area (Å²) in [4.78, 5) is 45.8. The van der Waals surface area contributed by atoms with Crippen molar-refractivity contribution in [2.45, 2.75) is 26.3 Å². The van der Waals surface area contributed by atoms with E-state index in [0.717, 1.165) is 22.2 Å². The second kappa shape index (κ2) is 11.9. The smallest absolute Gasteiger partial charge is 0.256 e. The third-order valence-corrected chi connectivity index (χ3v) is 7.24. The number of rotatable bonds is 9. The van der Waals surface area contributed by atoms with E-state index in [-0.39, 0.29) is 17.9 Å². The predicted octanol–water partition coefficient (Wildman–Crippen LogP) is 1.67. The monoisotopic (exact) mass is 562 g/mol. The van der Waals surface area contributed by atoms with Crippen LogP contribution in [0.1, 0.15) is 18.9 Å². The highest BCUT2D eigenvalue weighted by Gasteiger charge is 2.30. The van der Waals surface area contributed by atoms with Gasteiger partial charge in [-0.1, -0.05) is 6.92 Å². The number of anilines is 3. The van der Waals surface area contributed by atoms with E-state index < -0.39 is 6.61 Å². The lowest BCUT2D eigenvalue weighted by atomic mass is 10.1. The summed E-state index contributed by atoms with van der Waals surface area (Å²) in [6.07, 6.45) is 7.64. The molecule has 1 aliphatic heterocycles. The molecule has 1 fully saturated rings. The Hall–Kier alpha value is -4.56. The Bertz CT molecular complexity index is 1560. The zero-order chi connectivity index (χ0) is 29.1. The van der Waals surface area contributed by atoms with E-state index in [1.54, 1.807) is 42.3 Å². The number of aromatic nitrogens is 6. The molecule has 1 atom stereocenters. The molecule has 14 heteroatoms. The molecule has 216 valence electrons. The Morgan fingerprint density at radius 3 is 2.71 bits per heavy atom. The quantitative estimate of drug-likeness (QED) is 0.236. The van der Waals surface area contributed by atoms with Crippen molar-refractivity contribution in [2.24, 2.45) is 7.05 Å². The van der Waals surface area contributed by atoms with Crippen LogP contribution in [-0.4, -0.2) is 102 Å². The topological polar surface area (TPSA) is 166 Å². The van der Waals surface area contributed by atoms with E-state index in [4.69, 9.17) is 14.8 Å². The van der Waals surface area contributed by atoms with Crippen molar-refractivity contribution in [3.05, 3.63) is 36.4 Å². The number of piperazine rings is 1. The third kappa shape index (κ3) is 5.69. The van der Waals surface area contributed by atoms with E-state index in [2.05, 4.69) is 35.6 Å². The number of aromatic amines is 1. The minimum absolute atomic E-state index is 0.166. The zero-order valence-electron chi connectivity index (χ0n) is 23.5. The predicted molar refractivity (Wildman–Crippen MR) is 153 cm³/mol. The summed E-state index contributed by atoms with van der Waals surface area (Å²) < 4.78 is 6.96. The van der Waals surface area contributed by atoms with Crippen LogP contribution < -0.4 is 15.4 Å². The first-order valence-electron chi connectivity index (χ1n) is 13.4. The first kappa shape index (κ1) is 28.0. The Morgan fingerprint density at radius 2 is 2.00 bits per heavy atom. The van der Waals surface area contributed by atoms with Crippen LogP contribution in [0, 0.1) is 6.92 Å². The van der Waals surface area contributed by atoms with Crippen molar-refractivity contribution in [2.75, 3.05) is 50.5 Å². The minimum Gasteiger partial charge on any atom is -0.478 e. The van der Waals surface area contributed by atoms with E-state index in [1.807, 2.05) is 26.1 Å². The molecule has 1 unspecified atom stereocenters. The molecule has 14 nitrogen and oxygen atoms in total. The van der Waals surface area contributed by atoms with Crippen LogP contribution in [0.15, 0.2) is 30.9 Å². The van der Waals surface area contributed by atoms with Crippen LogP contribution in [0.5, 0.6) is 5.88 Å². The summed E-state index contributed by atoms with van der Waals surface area (Å²) in [7, 11) is 3.35. The van der Waals surface area contributed by atoms with Gasteiger partial charge in [-0.15, -0.1) is 5.10 Å². The molecule has 1 saturated heterocycles. The van der Waals surface area contributed by atoms with Crippen molar-refractivity contribution in [3.63, 3.8) is 0 Å². The summed E-state index contributed by atoms with van der Waals surface area (Å²) in [5, 5.41) is 20.4. The van der Waals surface area contributed by atoms with Gasteiger partial charge in [-0.3, -0.25) is 19.2 Å². The average Bonchev–Trinajstić information content (AvgIpc) is 3.57. The number of H-pyrrole nitrogens is 1. The summed E-state index contributed by atoms with van der Waals surface area (Å²) in [5.74, 6) is 0.791. The summed E-state index contributed by atoms with van der Waals surface area (Å²) in [5.41, 5.74) is 3.77. The molecular weight excluding hydrogens is 528 g/mol. The van der Waals surface area contributed by atoms with Crippen LogP contribution >= 0.6 is 0 Å². The fraction of sp³-hybridized carbons (Fsp3) is 0.407. The maximum Gasteiger partial charge on any atom is 0.256 e. The number of hydrogen-bond acceptors (Lipinski definition) is 10. The van der Waals surface area contributed by atoms with Crippen LogP contribution in [0.25, 0.3) is 22.2 Å². The summed E-state index contributed by atoms with van der Waals surface area (Å²) in [6.45, 7) is 5.44. The van der Waals surface area contributed by atoms with Crippen molar-refractivity contribution < 1.29 is 19.4 Å². The van der Waals surface area contributed by atoms with Gasteiger partial charge in [0.25, 0.3) is 5.88 Å². The van der Waals surface area contributed by atoms with Crippen molar-refractivity contribution in [3.8, 4) is 17.1 Å². The molecule has 0 aromatic carbocycles. The molecule has 4 aromatic rings. The maximum atomic E-state index is 13.4. The number of nitrogens with zero attached hydrogens (tertiary/aromatic N) is 7. The zero-order valence-corrected chi connectivity index (χ0v) is 23.5. The number of ether oxygens (including phenoxy) is 1. The van der Waals surface area contributed by atoms with Gasteiger partial charge in [-0.2, -0.15) is 0 Å². The number of amides is 2. The van der Waals surface area contributed by atoms with Crippen LogP contribution in [0.2, 0.25) is 0 Å². The Morgan fingerprint density at radius 1 is 1.22 bits per heavy atom. The number of aliphatic hydroxyl groups is 1. The second-order valence-electron chi connectivity index (χ2n) is 9.85. The molecular formula is C27H34N10O4. The summed E-state index contributed by atoms with van der Waals surface area (Å²) in [6, 6.07) is 1.50. The minimum atomic E-state index is -0.503. The van der Waals surface area contributed by atoms with E-state index >= 15 is 0 Å². The number of methoxy groups -OCH3 is 1. The highest BCUT2D eigenvalue weighted by atomic mass is 16.5. The SMILES string of the molecule is CCC(C(=O)Nc1nccc2c(-c3nc(Nc4cn(C)nc4OC)ncc3C)c[nH]c12)N1CCN(C(=O)CO)CC1. The number of hydrogen-bond donors (Lipinski definition) is 4. The van der Waals surface area contributed by atoms with Crippen molar-refractivity contribution in [1.29, 1.82) is 0 Å². The fourth-order valence-electron chi connectivity index (χ4n) is 5.14. The van der Waals surface area contributed by atoms with Crippen LogP contribution in [0.4, 0.5) is 17.5 Å². The number of carbonyl (C=O) groups excluding carboxylic acids is 2. The van der Waals surface area contributed by atoms with Crippen LogP contribution in [0.3, 0.4) is 0 Å². The number of pyridine rings is 1. The van der Waals surface area contributed by atoms with E-state index in [1.165, 1.54) is 0 Å². The van der Waals surface area contributed by atoms with Gasteiger partial charge in [-0.25, -0.2) is 15.0 Å². The number of carbonyl (C=O) groups is 2. The van der Waals surface area contributed by atoms with Crippen LogP contribution in [-0.2, 0) is 16.6 Å². The molecule has 1 aliphatic rings. The number of aryl methyl sites for hydroxylation is 2. The third-order valence-electron chi connectivity index (χ3n) is 7.24. The van der Waals surface area contributed by atoms with Gasteiger partial charge in [-0.05, 0) is 25.0 Å². The standard InChI is InChI=1S/C27H34N10O4/c1-5-20(36-8-10-37(11-9-36)21(39)15-38)25(40)33-24-23-17(6-7-28-24)18(13-29-23)22-16(2)12-30-27(32-22)31-19-14-35(3)34-26(19)41-4/h6-7,12-14,20,29,38H,5,8-11,15H2,1-4H3,(H,28,33,40)(H,30,31,32). The normalized spacial score (nSPS) is 14.7. The molecule has 5 heterocycles. The van der Waals surface area contributed by atoms with E-state index in [9.17, 15) is 9.59 Å². The molecule has 0 bridgehead atoms. The van der Waals surface area contributed by atoms with Gasteiger partial charge in [0.15, 0.2) is 5.82 Å². The van der Waals surface area contributed by atoms with Gasteiger partial charge in [0.2, 0.25) is 17.8 Å². The van der Waals surface area contributed by atoms with Gasteiger partial charge in [0.1, 0.15) is 12.3 Å². The Balaban J connectivity index is 1.36. The van der Waals surface area contributed by atoms with E-state index in [0.29, 0.717) is 61.5 Å². The average molecular weight is 563 g/mol. The number of aliphatic hydroxyl groups excluding tert-OH is 1. The largest absolute Gasteiger partial charge is 0.478 e. The highest BCUT2D eigenvalue weighted by Crippen LogP contribution is 2.33. The molecule has 41 heavy (non-hydrogen) atoms.